The summed E-state index contributed by atoms with van der Waals surface area (Å²) in [5.74, 6) is -0.0784. The van der Waals surface area contributed by atoms with Gasteiger partial charge in [0.1, 0.15) is 0 Å². The smallest absolute Gasteiger partial charge is 0.220 e. The topological polar surface area (TPSA) is 69.6 Å². The molecule has 0 spiro atoms. The van der Waals surface area contributed by atoms with Gasteiger partial charge >= 0.3 is 0 Å². The van der Waals surface area contributed by atoms with Gasteiger partial charge in [-0.2, -0.15) is 0 Å². The molecule has 0 radical (unpaired) electrons. The van der Waals surface area contributed by atoms with Crippen LogP contribution in [0.2, 0.25) is 0 Å². The lowest BCUT2D eigenvalue weighted by Gasteiger charge is -2.19. The number of carbonyl (C=O) groups excluding carboxylic acids is 1. The molecule has 0 bridgehead atoms. The van der Waals surface area contributed by atoms with Crippen LogP contribution in [0.15, 0.2) is 109 Å². The predicted octanol–water partition coefficient (Wildman–Crippen LogP) is 21.4. The van der Waals surface area contributed by atoms with Gasteiger partial charge in [0.2, 0.25) is 5.91 Å². The van der Waals surface area contributed by atoms with Crippen molar-refractivity contribution in [3.05, 3.63) is 109 Å². The van der Waals surface area contributed by atoms with Gasteiger partial charge in [-0.1, -0.05) is 309 Å². The Hall–Kier alpha value is -2.95. The largest absolute Gasteiger partial charge is 0.394 e. The van der Waals surface area contributed by atoms with Gasteiger partial charge in [-0.15, -0.1) is 0 Å². The summed E-state index contributed by atoms with van der Waals surface area (Å²) in [5, 5.41) is 23.2. The number of hydrogen-bond donors (Lipinski definition) is 3. The minimum absolute atomic E-state index is 0.0784. The summed E-state index contributed by atoms with van der Waals surface area (Å²) in [6, 6.07) is -0.652. The van der Waals surface area contributed by atoms with Gasteiger partial charge in [-0.25, -0.2) is 0 Å². The van der Waals surface area contributed by atoms with Crippen LogP contribution in [-0.2, 0) is 4.79 Å². The average Bonchev–Trinajstić information content (AvgIpc) is 3.40. The molecule has 0 saturated heterocycles. The SMILES string of the molecule is CC/C=C\C/C=C\C/C=C\C/C=C\C/C=C\C/C=C\CCCCCCCCCCCCCCCCCCC(=O)NC(CO)C(O)/C=C/CC/C=C/CC/C=C/CCCCCCCCCCCCCCCCCC. The van der Waals surface area contributed by atoms with Crippen molar-refractivity contribution in [2.24, 2.45) is 0 Å². The molecule has 73 heavy (non-hydrogen) atoms. The Morgan fingerprint density at radius 2 is 0.616 bits per heavy atom. The maximum Gasteiger partial charge on any atom is 0.220 e. The highest BCUT2D eigenvalue weighted by Crippen LogP contribution is 2.17. The van der Waals surface area contributed by atoms with Crippen LogP contribution in [-0.4, -0.2) is 34.9 Å². The first-order valence-corrected chi connectivity index (χ1v) is 31.6. The quantitative estimate of drug-likeness (QED) is 0.0420. The molecular formula is C69H121NO3. The fourth-order valence-corrected chi connectivity index (χ4v) is 9.22. The second-order valence-corrected chi connectivity index (χ2v) is 21.1. The van der Waals surface area contributed by atoms with Gasteiger partial charge in [0, 0.05) is 6.42 Å². The normalized spacial score (nSPS) is 13.5. The molecule has 2 unspecified atom stereocenters. The number of rotatable bonds is 57. The lowest BCUT2D eigenvalue weighted by atomic mass is 10.0. The summed E-state index contributed by atoms with van der Waals surface area (Å²) in [5.41, 5.74) is 0. The molecule has 1 amide bonds. The van der Waals surface area contributed by atoms with Crippen molar-refractivity contribution in [2.75, 3.05) is 6.61 Å². The molecule has 0 aromatic heterocycles. The summed E-state index contributed by atoms with van der Waals surface area (Å²) in [6.07, 6.45) is 95.7. The van der Waals surface area contributed by atoms with Crippen LogP contribution in [0, 0.1) is 0 Å². The summed E-state index contributed by atoms with van der Waals surface area (Å²) in [6.45, 7) is 4.20. The molecule has 0 aliphatic heterocycles. The first kappa shape index (κ1) is 70.1. The van der Waals surface area contributed by atoms with Crippen molar-refractivity contribution >= 4 is 5.91 Å². The Kier molecular flexibility index (Phi) is 60.8. The van der Waals surface area contributed by atoms with E-state index in [2.05, 4.69) is 116 Å². The molecule has 0 aromatic carbocycles. The lowest BCUT2D eigenvalue weighted by molar-refractivity contribution is -0.123. The number of carbonyl (C=O) groups is 1. The number of allylic oxidation sites excluding steroid dienone is 17. The Labute approximate surface area is 455 Å². The van der Waals surface area contributed by atoms with Crippen LogP contribution in [0.3, 0.4) is 0 Å². The Balaban J connectivity index is 3.55. The van der Waals surface area contributed by atoms with Crippen molar-refractivity contribution in [1.82, 2.24) is 5.32 Å². The van der Waals surface area contributed by atoms with E-state index in [0.717, 1.165) is 77.0 Å². The van der Waals surface area contributed by atoms with E-state index in [1.807, 2.05) is 6.08 Å². The van der Waals surface area contributed by atoms with Crippen LogP contribution in [0.4, 0.5) is 0 Å². The van der Waals surface area contributed by atoms with Gasteiger partial charge in [0.05, 0.1) is 18.8 Å². The van der Waals surface area contributed by atoms with Gasteiger partial charge in [-0.05, 0) is 96.3 Å². The first-order valence-electron chi connectivity index (χ1n) is 31.6. The average molecular weight is 1010 g/mol. The third-order valence-electron chi connectivity index (χ3n) is 14.0. The molecule has 0 fully saturated rings. The second kappa shape index (κ2) is 63.3. The highest BCUT2D eigenvalue weighted by atomic mass is 16.3. The Morgan fingerprint density at radius 3 is 0.959 bits per heavy atom. The summed E-state index contributed by atoms with van der Waals surface area (Å²) >= 11 is 0. The number of aliphatic hydroxyl groups excluding tert-OH is 2. The fourth-order valence-electron chi connectivity index (χ4n) is 9.22. The molecule has 0 saturated carbocycles. The van der Waals surface area contributed by atoms with Crippen LogP contribution in [0.1, 0.15) is 303 Å². The maximum atomic E-state index is 12.5. The fraction of sp³-hybridized carbons (Fsp3) is 0.725. The van der Waals surface area contributed by atoms with Crippen molar-refractivity contribution < 1.29 is 15.0 Å². The molecular weight excluding hydrogens is 891 g/mol. The molecule has 4 nitrogen and oxygen atoms in total. The number of nitrogens with one attached hydrogen (secondary N) is 1. The van der Waals surface area contributed by atoms with E-state index in [-0.39, 0.29) is 12.5 Å². The molecule has 0 aromatic rings. The van der Waals surface area contributed by atoms with E-state index < -0.39 is 12.1 Å². The van der Waals surface area contributed by atoms with Gasteiger partial charge < -0.3 is 15.5 Å². The zero-order valence-electron chi connectivity index (χ0n) is 48.4. The second-order valence-electron chi connectivity index (χ2n) is 21.1. The zero-order valence-corrected chi connectivity index (χ0v) is 48.4. The first-order chi connectivity index (χ1) is 36.2. The lowest BCUT2D eigenvalue weighted by Crippen LogP contribution is -2.45. The summed E-state index contributed by atoms with van der Waals surface area (Å²) in [7, 11) is 0. The van der Waals surface area contributed by atoms with E-state index >= 15 is 0 Å². The number of aliphatic hydroxyl groups is 2. The summed E-state index contributed by atoms with van der Waals surface area (Å²) in [4.78, 5) is 12.5. The third-order valence-corrected chi connectivity index (χ3v) is 14.0. The molecule has 0 rings (SSSR count). The maximum absolute atomic E-state index is 12.5. The van der Waals surface area contributed by atoms with Crippen LogP contribution in [0.5, 0.6) is 0 Å². The number of hydrogen-bond acceptors (Lipinski definition) is 3. The van der Waals surface area contributed by atoms with Crippen molar-refractivity contribution in [2.45, 2.75) is 315 Å². The van der Waals surface area contributed by atoms with E-state index in [1.54, 1.807) is 6.08 Å². The third kappa shape index (κ3) is 59.8. The highest BCUT2D eigenvalue weighted by molar-refractivity contribution is 5.76. The molecule has 3 N–H and O–H groups in total. The van der Waals surface area contributed by atoms with Crippen LogP contribution >= 0.6 is 0 Å². The van der Waals surface area contributed by atoms with Crippen molar-refractivity contribution in [3.8, 4) is 0 Å². The van der Waals surface area contributed by atoms with Crippen molar-refractivity contribution in [1.29, 1.82) is 0 Å². The number of unbranched alkanes of at least 4 members (excludes halogenated alkanes) is 34. The minimum Gasteiger partial charge on any atom is -0.394 e. The van der Waals surface area contributed by atoms with Crippen LogP contribution < -0.4 is 5.32 Å². The van der Waals surface area contributed by atoms with Gasteiger partial charge in [0.15, 0.2) is 0 Å². The van der Waals surface area contributed by atoms with E-state index in [1.165, 1.54) is 205 Å². The van der Waals surface area contributed by atoms with E-state index in [9.17, 15) is 15.0 Å². The molecule has 0 heterocycles. The molecule has 2 atom stereocenters. The van der Waals surface area contributed by atoms with E-state index in [0.29, 0.717) is 6.42 Å². The molecule has 0 aliphatic carbocycles. The van der Waals surface area contributed by atoms with Gasteiger partial charge in [-0.3, -0.25) is 4.79 Å². The molecule has 4 heteroatoms. The van der Waals surface area contributed by atoms with Gasteiger partial charge in [0.25, 0.3) is 0 Å². The molecule has 0 aliphatic rings. The Morgan fingerprint density at radius 1 is 0.342 bits per heavy atom. The molecule has 420 valence electrons. The van der Waals surface area contributed by atoms with E-state index in [4.69, 9.17) is 0 Å². The van der Waals surface area contributed by atoms with Crippen LogP contribution in [0.25, 0.3) is 0 Å². The monoisotopic (exact) mass is 1010 g/mol. The minimum atomic E-state index is -0.877. The number of amides is 1. The van der Waals surface area contributed by atoms with Crippen molar-refractivity contribution in [3.63, 3.8) is 0 Å². The highest BCUT2D eigenvalue weighted by Gasteiger charge is 2.18. The summed E-state index contributed by atoms with van der Waals surface area (Å²) < 4.78 is 0. The standard InChI is InChI=1S/C69H121NO3/c1-3-5-7-9-11-13-15-17-19-21-23-25-27-29-31-32-33-34-35-36-37-38-39-41-43-45-47-49-51-53-55-57-59-61-63-65-69(73)70-67(66-71)68(72)64-62-60-58-56-54-52-50-48-46-44-42-40-30-28-26-24-22-20-18-16-14-12-10-8-6-4-2/h5,7,11,13,17,19,23,25,29,31,33-34,46,48,54,56,62,64,67-68,71-72H,3-4,6,8-10,12,14-16,18,20-22,24,26-28,30,32,35-45,47,49-53,55,57-61,63,65-66H2,1-2H3,(H,70,73)/b7-5-,13-11-,19-17-,25-23-,31-29-,34-33-,48-46+,56-54+,64-62+. The Bertz CT molecular complexity index is 1380. The zero-order chi connectivity index (χ0) is 52.7. The predicted molar refractivity (Wildman–Crippen MR) is 326 cm³/mol.